The molecule has 17 heavy (non-hydrogen) atoms. The number of piperidine rings is 1. The van der Waals surface area contributed by atoms with Crippen LogP contribution in [0.3, 0.4) is 0 Å². The summed E-state index contributed by atoms with van der Waals surface area (Å²) < 4.78 is 2.07. The summed E-state index contributed by atoms with van der Waals surface area (Å²) in [5.41, 5.74) is 0. The molecule has 4 heteroatoms. The van der Waals surface area contributed by atoms with Gasteiger partial charge in [0.15, 0.2) is 0 Å². The summed E-state index contributed by atoms with van der Waals surface area (Å²) >= 11 is 0. The number of amides is 2. The second kappa shape index (κ2) is 5.75. The Bertz CT molecular complexity index is 348. The predicted octanol–water partition coefficient (Wildman–Crippen LogP) is 1.93. The maximum absolute atomic E-state index is 11.9. The van der Waals surface area contributed by atoms with Gasteiger partial charge >= 0.3 is 6.03 Å². The fourth-order valence-corrected chi connectivity index (χ4v) is 2.30. The SMILES string of the molecule is CC1CCCN(C(=O)NCCn2cccc2)C1. The molecule has 0 aliphatic carbocycles. The Morgan fingerprint density at radius 1 is 1.41 bits per heavy atom. The Kier molecular flexibility index (Phi) is 4.07. The zero-order valence-corrected chi connectivity index (χ0v) is 10.4. The van der Waals surface area contributed by atoms with Gasteiger partial charge in [-0.3, -0.25) is 0 Å². The number of carbonyl (C=O) groups excluding carboxylic acids is 1. The van der Waals surface area contributed by atoms with E-state index in [0.29, 0.717) is 12.5 Å². The van der Waals surface area contributed by atoms with Crippen LogP contribution >= 0.6 is 0 Å². The summed E-state index contributed by atoms with van der Waals surface area (Å²) in [6.07, 6.45) is 6.39. The smallest absolute Gasteiger partial charge is 0.317 e. The maximum atomic E-state index is 11.9. The summed E-state index contributed by atoms with van der Waals surface area (Å²) in [7, 11) is 0. The van der Waals surface area contributed by atoms with Crippen LogP contribution in [-0.2, 0) is 6.54 Å². The molecular formula is C13H21N3O. The first kappa shape index (κ1) is 12.0. The molecule has 0 saturated carbocycles. The molecule has 1 aliphatic rings. The standard InChI is InChI=1S/C13H21N3O/c1-12-5-4-9-16(11-12)13(17)14-6-10-15-7-2-3-8-15/h2-3,7-8,12H,4-6,9-11H2,1H3,(H,14,17). The topological polar surface area (TPSA) is 37.3 Å². The van der Waals surface area contributed by atoms with Crippen molar-refractivity contribution in [2.75, 3.05) is 19.6 Å². The highest BCUT2D eigenvalue weighted by Gasteiger charge is 2.20. The fraction of sp³-hybridized carbons (Fsp3) is 0.615. The van der Waals surface area contributed by atoms with E-state index < -0.39 is 0 Å². The lowest BCUT2D eigenvalue weighted by atomic mass is 10.0. The van der Waals surface area contributed by atoms with Crippen molar-refractivity contribution >= 4 is 6.03 Å². The van der Waals surface area contributed by atoms with Gasteiger partial charge in [0, 0.05) is 38.6 Å². The van der Waals surface area contributed by atoms with Crippen molar-refractivity contribution in [1.29, 1.82) is 0 Å². The molecule has 2 amide bonds. The van der Waals surface area contributed by atoms with Gasteiger partial charge < -0.3 is 14.8 Å². The summed E-state index contributed by atoms with van der Waals surface area (Å²) in [4.78, 5) is 13.8. The first-order chi connectivity index (χ1) is 8.25. The Morgan fingerprint density at radius 3 is 2.88 bits per heavy atom. The van der Waals surface area contributed by atoms with Crippen molar-refractivity contribution in [3.8, 4) is 0 Å². The van der Waals surface area contributed by atoms with E-state index in [2.05, 4.69) is 16.8 Å². The molecule has 0 bridgehead atoms. The number of urea groups is 1. The van der Waals surface area contributed by atoms with Gasteiger partial charge in [-0.2, -0.15) is 0 Å². The van der Waals surface area contributed by atoms with Crippen molar-refractivity contribution in [3.63, 3.8) is 0 Å². The minimum Gasteiger partial charge on any atom is -0.353 e. The molecule has 1 N–H and O–H groups in total. The Balaban J connectivity index is 1.70. The number of rotatable bonds is 3. The van der Waals surface area contributed by atoms with Crippen LogP contribution in [0.1, 0.15) is 19.8 Å². The van der Waals surface area contributed by atoms with Crippen molar-refractivity contribution in [3.05, 3.63) is 24.5 Å². The Hall–Kier alpha value is -1.45. The average Bonchev–Trinajstić information content (AvgIpc) is 2.82. The van der Waals surface area contributed by atoms with E-state index in [4.69, 9.17) is 0 Å². The summed E-state index contributed by atoms with van der Waals surface area (Å²) in [6.45, 7) is 5.54. The number of nitrogens with one attached hydrogen (secondary N) is 1. The summed E-state index contributed by atoms with van der Waals surface area (Å²) in [5.74, 6) is 0.638. The molecule has 0 spiro atoms. The predicted molar refractivity (Wildman–Crippen MR) is 67.8 cm³/mol. The highest BCUT2D eigenvalue weighted by atomic mass is 16.2. The van der Waals surface area contributed by atoms with E-state index in [0.717, 1.165) is 26.1 Å². The summed E-state index contributed by atoms with van der Waals surface area (Å²) in [6, 6.07) is 4.08. The summed E-state index contributed by atoms with van der Waals surface area (Å²) in [5, 5.41) is 2.98. The van der Waals surface area contributed by atoms with Crippen molar-refractivity contribution in [1.82, 2.24) is 14.8 Å². The van der Waals surface area contributed by atoms with E-state index in [9.17, 15) is 4.79 Å². The molecule has 1 aromatic heterocycles. The van der Waals surface area contributed by atoms with Crippen LogP contribution < -0.4 is 5.32 Å². The Morgan fingerprint density at radius 2 is 2.18 bits per heavy atom. The number of aromatic nitrogens is 1. The fourth-order valence-electron chi connectivity index (χ4n) is 2.30. The van der Waals surface area contributed by atoms with Gasteiger partial charge in [-0.1, -0.05) is 6.92 Å². The molecule has 1 atom stereocenters. The molecule has 1 saturated heterocycles. The highest BCUT2D eigenvalue weighted by Crippen LogP contribution is 2.14. The van der Waals surface area contributed by atoms with Gasteiger partial charge in [0.05, 0.1) is 0 Å². The van der Waals surface area contributed by atoms with Gasteiger partial charge in [0.2, 0.25) is 0 Å². The van der Waals surface area contributed by atoms with Crippen molar-refractivity contribution < 1.29 is 4.79 Å². The number of hydrogen-bond acceptors (Lipinski definition) is 1. The van der Waals surface area contributed by atoms with Gasteiger partial charge in [0.25, 0.3) is 0 Å². The minimum atomic E-state index is 0.0868. The maximum Gasteiger partial charge on any atom is 0.317 e. The van der Waals surface area contributed by atoms with E-state index in [1.807, 2.05) is 29.4 Å². The van der Waals surface area contributed by atoms with Gasteiger partial charge in [0.1, 0.15) is 0 Å². The lowest BCUT2D eigenvalue weighted by Crippen LogP contribution is -2.45. The van der Waals surface area contributed by atoms with Crippen molar-refractivity contribution in [2.24, 2.45) is 5.92 Å². The number of likely N-dealkylation sites (tertiary alicyclic amines) is 1. The second-order valence-corrected chi connectivity index (χ2v) is 4.85. The molecule has 1 unspecified atom stereocenters. The van der Waals surface area contributed by atoms with E-state index in [1.54, 1.807) is 0 Å². The van der Waals surface area contributed by atoms with Gasteiger partial charge in [-0.15, -0.1) is 0 Å². The van der Waals surface area contributed by atoms with Crippen LogP contribution in [0, 0.1) is 5.92 Å². The second-order valence-electron chi connectivity index (χ2n) is 4.85. The average molecular weight is 235 g/mol. The minimum absolute atomic E-state index is 0.0868. The highest BCUT2D eigenvalue weighted by molar-refractivity contribution is 5.74. The van der Waals surface area contributed by atoms with Crippen LogP contribution in [0.5, 0.6) is 0 Å². The molecule has 94 valence electrons. The van der Waals surface area contributed by atoms with E-state index >= 15 is 0 Å². The molecule has 2 rings (SSSR count). The molecule has 1 aliphatic heterocycles. The lowest BCUT2D eigenvalue weighted by Gasteiger charge is -2.30. The number of carbonyl (C=O) groups is 1. The van der Waals surface area contributed by atoms with E-state index in [1.165, 1.54) is 6.42 Å². The number of hydrogen-bond donors (Lipinski definition) is 1. The third kappa shape index (κ3) is 3.51. The quantitative estimate of drug-likeness (QED) is 0.854. The van der Waals surface area contributed by atoms with E-state index in [-0.39, 0.29) is 6.03 Å². The molecule has 0 radical (unpaired) electrons. The molecule has 0 aromatic carbocycles. The molecule has 4 nitrogen and oxygen atoms in total. The monoisotopic (exact) mass is 235 g/mol. The molecular weight excluding hydrogens is 214 g/mol. The van der Waals surface area contributed by atoms with Gasteiger partial charge in [-0.25, -0.2) is 4.79 Å². The largest absolute Gasteiger partial charge is 0.353 e. The third-order valence-electron chi connectivity index (χ3n) is 3.26. The van der Waals surface area contributed by atoms with Crippen LogP contribution in [0.25, 0.3) is 0 Å². The molecule has 2 heterocycles. The third-order valence-corrected chi connectivity index (χ3v) is 3.26. The molecule has 1 fully saturated rings. The zero-order chi connectivity index (χ0) is 12.1. The Labute approximate surface area is 103 Å². The first-order valence-electron chi connectivity index (χ1n) is 6.39. The van der Waals surface area contributed by atoms with Crippen LogP contribution in [0.2, 0.25) is 0 Å². The molecule has 1 aromatic rings. The van der Waals surface area contributed by atoms with Crippen LogP contribution in [0.4, 0.5) is 4.79 Å². The van der Waals surface area contributed by atoms with Crippen LogP contribution in [0.15, 0.2) is 24.5 Å². The van der Waals surface area contributed by atoms with Gasteiger partial charge in [-0.05, 0) is 30.9 Å². The van der Waals surface area contributed by atoms with Crippen molar-refractivity contribution in [2.45, 2.75) is 26.3 Å². The lowest BCUT2D eigenvalue weighted by molar-refractivity contribution is 0.169. The van der Waals surface area contributed by atoms with Crippen LogP contribution in [-0.4, -0.2) is 35.1 Å². The first-order valence-corrected chi connectivity index (χ1v) is 6.39. The zero-order valence-electron chi connectivity index (χ0n) is 10.4. The number of nitrogens with zero attached hydrogens (tertiary/aromatic N) is 2. The normalized spacial score (nSPS) is 20.3.